The number of nitriles is 1. The fraction of sp³-hybridized carbons (Fsp3) is 0.250. The van der Waals surface area contributed by atoms with Gasteiger partial charge < -0.3 is 10.1 Å². The molecule has 8 nitrogen and oxygen atoms in total. The number of ether oxygens (including phenoxy) is 1. The van der Waals surface area contributed by atoms with E-state index in [1.165, 1.54) is 25.1 Å². The number of anilines is 1. The Morgan fingerprint density at radius 1 is 1.14 bits per heavy atom. The van der Waals surface area contributed by atoms with Crippen molar-refractivity contribution in [3.63, 3.8) is 0 Å². The van der Waals surface area contributed by atoms with Crippen molar-refractivity contribution in [3.8, 4) is 6.07 Å². The van der Waals surface area contributed by atoms with Crippen molar-refractivity contribution in [2.24, 2.45) is 0 Å². The molecule has 2 aromatic carbocycles. The highest BCUT2D eigenvalue weighted by Gasteiger charge is 2.21. The van der Waals surface area contributed by atoms with Gasteiger partial charge in [0, 0.05) is 0 Å². The number of para-hydroxylation sites is 1. The standard InChI is InChI=1S/C20H21N3O5S/c1-13-8-9-17(10-14(13)2)29(26,27)22-12-19(24)28-15(3)20(25)23-18-7-5-4-6-16(18)11-21/h4-10,15,22H,12H2,1-3H3,(H,23,25)/t15-/m1/s1. The van der Waals surface area contributed by atoms with Gasteiger partial charge in [0.25, 0.3) is 5.91 Å². The van der Waals surface area contributed by atoms with E-state index in [4.69, 9.17) is 10.00 Å². The molecule has 1 atom stereocenters. The van der Waals surface area contributed by atoms with Crippen LogP contribution in [0, 0.1) is 25.2 Å². The summed E-state index contributed by atoms with van der Waals surface area (Å²) in [7, 11) is -3.90. The van der Waals surface area contributed by atoms with Crippen molar-refractivity contribution < 1.29 is 22.7 Å². The second-order valence-electron chi connectivity index (χ2n) is 6.35. The molecule has 0 aromatic heterocycles. The van der Waals surface area contributed by atoms with Gasteiger partial charge in [-0.3, -0.25) is 9.59 Å². The molecule has 0 aliphatic rings. The van der Waals surface area contributed by atoms with Crippen LogP contribution in [0.15, 0.2) is 47.4 Å². The Labute approximate surface area is 169 Å². The van der Waals surface area contributed by atoms with Crippen LogP contribution in [0.4, 0.5) is 5.69 Å². The van der Waals surface area contributed by atoms with Gasteiger partial charge >= 0.3 is 5.97 Å². The molecule has 152 valence electrons. The van der Waals surface area contributed by atoms with Crippen molar-refractivity contribution in [1.82, 2.24) is 4.72 Å². The van der Waals surface area contributed by atoms with Crippen molar-refractivity contribution in [2.75, 3.05) is 11.9 Å². The van der Waals surface area contributed by atoms with Crippen LogP contribution in [0.5, 0.6) is 0 Å². The van der Waals surface area contributed by atoms with Gasteiger partial charge in [0.2, 0.25) is 10.0 Å². The van der Waals surface area contributed by atoms with Gasteiger partial charge in [-0.15, -0.1) is 0 Å². The number of esters is 1. The molecule has 0 unspecified atom stereocenters. The van der Waals surface area contributed by atoms with E-state index in [0.29, 0.717) is 5.69 Å². The number of nitrogens with zero attached hydrogens (tertiary/aromatic N) is 1. The number of carbonyl (C=O) groups is 2. The largest absolute Gasteiger partial charge is 0.452 e. The summed E-state index contributed by atoms with van der Waals surface area (Å²) in [6.45, 7) is 4.37. The smallest absolute Gasteiger partial charge is 0.321 e. The van der Waals surface area contributed by atoms with Crippen molar-refractivity contribution in [2.45, 2.75) is 31.8 Å². The maximum atomic E-state index is 12.3. The molecule has 0 spiro atoms. The molecule has 0 bridgehead atoms. The van der Waals surface area contributed by atoms with Gasteiger partial charge in [-0.2, -0.15) is 9.98 Å². The average Bonchev–Trinajstić information content (AvgIpc) is 2.68. The van der Waals surface area contributed by atoms with E-state index in [1.807, 2.05) is 13.0 Å². The molecule has 0 fully saturated rings. The molecular weight excluding hydrogens is 394 g/mol. The summed E-state index contributed by atoms with van der Waals surface area (Å²) in [5.74, 6) is -1.55. The van der Waals surface area contributed by atoms with Crippen LogP contribution in [0.2, 0.25) is 0 Å². The minimum Gasteiger partial charge on any atom is -0.452 e. The Morgan fingerprint density at radius 3 is 2.48 bits per heavy atom. The Hall–Kier alpha value is -3.22. The van der Waals surface area contributed by atoms with Crippen LogP contribution < -0.4 is 10.0 Å². The lowest BCUT2D eigenvalue weighted by Gasteiger charge is -2.14. The molecule has 0 saturated heterocycles. The minimum absolute atomic E-state index is 0.0345. The van der Waals surface area contributed by atoms with Gasteiger partial charge in [-0.05, 0) is 56.2 Å². The number of carbonyl (C=O) groups excluding carboxylic acids is 2. The Kier molecular flexibility index (Phi) is 7.09. The normalized spacial score (nSPS) is 11.9. The number of nitrogens with one attached hydrogen (secondary N) is 2. The monoisotopic (exact) mass is 415 g/mol. The lowest BCUT2D eigenvalue weighted by Crippen LogP contribution is -2.36. The molecule has 0 heterocycles. The number of rotatable bonds is 7. The number of hydrogen-bond acceptors (Lipinski definition) is 6. The molecule has 0 radical (unpaired) electrons. The predicted molar refractivity (Wildman–Crippen MR) is 106 cm³/mol. The fourth-order valence-electron chi connectivity index (χ4n) is 2.33. The average molecular weight is 415 g/mol. The summed E-state index contributed by atoms with van der Waals surface area (Å²) in [5, 5.41) is 11.5. The summed E-state index contributed by atoms with van der Waals surface area (Å²) in [6, 6.07) is 12.9. The van der Waals surface area contributed by atoms with Crippen molar-refractivity contribution in [3.05, 3.63) is 59.2 Å². The van der Waals surface area contributed by atoms with Crippen molar-refractivity contribution in [1.29, 1.82) is 5.26 Å². The molecule has 1 amide bonds. The SMILES string of the molecule is Cc1ccc(S(=O)(=O)NCC(=O)O[C@H](C)C(=O)Nc2ccccc2C#N)cc1C. The third-order valence-corrected chi connectivity index (χ3v) is 5.58. The summed E-state index contributed by atoms with van der Waals surface area (Å²) >= 11 is 0. The van der Waals surface area contributed by atoms with Gasteiger partial charge in [-0.25, -0.2) is 8.42 Å². The topological polar surface area (TPSA) is 125 Å². The minimum atomic E-state index is -3.90. The number of hydrogen-bond donors (Lipinski definition) is 2. The Bertz CT molecular complexity index is 1070. The van der Waals surface area contributed by atoms with Crippen molar-refractivity contribution >= 4 is 27.6 Å². The lowest BCUT2D eigenvalue weighted by molar-refractivity contribution is -0.151. The van der Waals surface area contributed by atoms with Crippen LogP contribution in [-0.4, -0.2) is 32.9 Å². The number of benzene rings is 2. The van der Waals surface area contributed by atoms with E-state index >= 15 is 0 Å². The quantitative estimate of drug-likeness (QED) is 0.667. The van der Waals surface area contributed by atoms with Gasteiger partial charge in [0.15, 0.2) is 6.10 Å². The van der Waals surface area contributed by atoms with Gasteiger partial charge in [0.1, 0.15) is 12.6 Å². The van der Waals surface area contributed by atoms with E-state index in [2.05, 4.69) is 10.0 Å². The highest BCUT2D eigenvalue weighted by molar-refractivity contribution is 7.89. The fourth-order valence-corrected chi connectivity index (χ4v) is 3.39. The lowest BCUT2D eigenvalue weighted by atomic mass is 10.1. The summed E-state index contributed by atoms with van der Waals surface area (Å²) in [5.41, 5.74) is 2.30. The van der Waals surface area contributed by atoms with Crippen LogP contribution in [0.1, 0.15) is 23.6 Å². The van der Waals surface area contributed by atoms with E-state index < -0.39 is 34.5 Å². The first-order valence-electron chi connectivity index (χ1n) is 8.70. The summed E-state index contributed by atoms with van der Waals surface area (Å²) in [4.78, 5) is 24.2. The van der Waals surface area contributed by atoms with E-state index in [-0.39, 0.29) is 10.5 Å². The molecule has 0 aliphatic carbocycles. The third kappa shape index (κ3) is 5.88. The van der Waals surface area contributed by atoms with Crippen LogP contribution >= 0.6 is 0 Å². The summed E-state index contributed by atoms with van der Waals surface area (Å²) < 4.78 is 31.7. The molecule has 2 aromatic rings. The Balaban J connectivity index is 1.93. The first kappa shape index (κ1) is 22.1. The van der Waals surface area contributed by atoms with E-state index in [0.717, 1.165) is 11.1 Å². The number of amides is 1. The highest BCUT2D eigenvalue weighted by atomic mass is 32.2. The van der Waals surface area contributed by atoms with Crippen LogP contribution in [0.25, 0.3) is 0 Å². The molecule has 9 heteroatoms. The molecule has 0 aliphatic heterocycles. The summed E-state index contributed by atoms with van der Waals surface area (Å²) in [6.07, 6.45) is -1.18. The maximum Gasteiger partial charge on any atom is 0.321 e. The van der Waals surface area contributed by atoms with Crippen LogP contribution in [0.3, 0.4) is 0 Å². The molecule has 29 heavy (non-hydrogen) atoms. The van der Waals surface area contributed by atoms with Gasteiger partial charge in [0.05, 0.1) is 16.1 Å². The second-order valence-corrected chi connectivity index (χ2v) is 8.12. The molecule has 0 saturated carbocycles. The number of sulfonamides is 1. The first-order valence-corrected chi connectivity index (χ1v) is 10.2. The van der Waals surface area contributed by atoms with E-state index in [1.54, 1.807) is 31.2 Å². The Morgan fingerprint density at radius 2 is 1.83 bits per heavy atom. The first-order chi connectivity index (χ1) is 13.6. The highest BCUT2D eigenvalue weighted by Crippen LogP contribution is 2.15. The zero-order chi connectivity index (χ0) is 21.6. The zero-order valence-electron chi connectivity index (χ0n) is 16.2. The number of aryl methyl sites for hydroxylation is 2. The third-order valence-electron chi connectivity index (χ3n) is 4.18. The molecular formula is C20H21N3O5S. The van der Waals surface area contributed by atoms with Crippen LogP contribution in [-0.2, 0) is 24.3 Å². The van der Waals surface area contributed by atoms with Gasteiger partial charge in [-0.1, -0.05) is 18.2 Å². The molecule has 2 N–H and O–H groups in total. The molecule has 2 rings (SSSR count). The predicted octanol–water partition coefficient (Wildman–Crippen LogP) is 2.02. The zero-order valence-corrected chi connectivity index (χ0v) is 17.0. The maximum absolute atomic E-state index is 12.3. The second kappa shape index (κ2) is 9.32. The van der Waals surface area contributed by atoms with E-state index in [9.17, 15) is 18.0 Å².